The Labute approximate surface area is 230 Å². The maximum absolute atomic E-state index is 12.9. The van der Waals surface area contributed by atoms with Gasteiger partial charge >= 0.3 is 6.61 Å². The van der Waals surface area contributed by atoms with E-state index in [1.807, 2.05) is 34.6 Å². The number of aromatic nitrogens is 4. The largest absolute Gasteiger partial charge is 0.435 e. The van der Waals surface area contributed by atoms with E-state index in [1.165, 1.54) is 6.07 Å². The molecule has 13 heteroatoms. The van der Waals surface area contributed by atoms with Crippen LogP contribution in [-0.2, 0) is 21.2 Å². The van der Waals surface area contributed by atoms with E-state index < -0.39 is 22.5 Å². The van der Waals surface area contributed by atoms with Crippen LogP contribution >= 0.6 is 0 Å². The van der Waals surface area contributed by atoms with Crippen LogP contribution in [0.5, 0.6) is 5.75 Å². The van der Waals surface area contributed by atoms with Gasteiger partial charge in [-0.1, -0.05) is 18.2 Å². The number of nitrogens with zero attached hydrogens (tertiary/aromatic N) is 5. The van der Waals surface area contributed by atoms with Crippen LogP contribution in [0, 0.1) is 12.8 Å². The first-order valence-corrected chi connectivity index (χ1v) is 14.6. The molecule has 1 aliphatic heterocycles. The fraction of sp³-hybridized carbons (Fsp3) is 0.333. The average molecular weight is 571 g/mol. The summed E-state index contributed by atoms with van der Waals surface area (Å²) in [4.78, 5) is 27.8. The molecule has 40 heavy (non-hydrogen) atoms. The minimum atomic E-state index is -3.58. The highest BCUT2D eigenvalue weighted by Gasteiger charge is 2.27. The van der Waals surface area contributed by atoms with Crippen molar-refractivity contribution in [3.63, 3.8) is 0 Å². The predicted octanol–water partition coefficient (Wildman–Crippen LogP) is 3.58. The number of imidazole rings is 1. The second kappa shape index (κ2) is 11.2. The predicted molar refractivity (Wildman–Crippen MR) is 145 cm³/mol. The van der Waals surface area contributed by atoms with E-state index in [-0.39, 0.29) is 11.7 Å². The first-order valence-electron chi connectivity index (χ1n) is 12.7. The van der Waals surface area contributed by atoms with E-state index in [4.69, 9.17) is 4.74 Å². The Morgan fingerprint density at radius 1 is 1.10 bits per heavy atom. The number of hydrogen-bond acceptors (Lipinski definition) is 8. The lowest BCUT2D eigenvalue weighted by atomic mass is 9.96. The Bertz CT molecular complexity index is 1630. The Morgan fingerprint density at radius 3 is 2.48 bits per heavy atom. The molecule has 1 N–H and O–H groups in total. The highest BCUT2D eigenvalue weighted by atomic mass is 32.2. The summed E-state index contributed by atoms with van der Waals surface area (Å²) in [5.74, 6) is -0.194. The number of fused-ring (bicyclic) bond motifs is 1. The zero-order chi connectivity index (χ0) is 28.4. The van der Waals surface area contributed by atoms with Crippen LogP contribution in [0.2, 0.25) is 0 Å². The monoisotopic (exact) mass is 570 g/mol. The number of sulfonamides is 1. The Balaban J connectivity index is 1.32. The molecule has 4 heterocycles. The summed E-state index contributed by atoms with van der Waals surface area (Å²) in [5, 5.41) is 0. The zero-order valence-corrected chi connectivity index (χ0v) is 22.7. The van der Waals surface area contributed by atoms with E-state index in [0.29, 0.717) is 43.9 Å². The van der Waals surface area contributed by atoms with Crippen LogP contribution in [0.4, 0.5) is 14.7 Å². The number of nitrogens with one attached hydrogen (secondary N) is 1. The molecular formula is C27H28F2N6O4S. The van der Waals surface area contributed by atoms with E-state index in [2.05, 4.69) is 19.7 Å². The minimum Gasteiger partial charge on any atom is -0.435 e. The molecule has 0 bridgehead atoms. The van der Waals surface area contributed by atoms with Gasteiger partial charge in [-0.15, -0.1) is 0 Å². The number of anilines is 1. The van der Waals surface area contributed by atoms with Gasteiger partial charge in [-0.25, -0.2) is 23.4 Å². The molecule has 0 saturated carbocycles. The number of piperidine rings is 1. The molecule has 1 amide bonds. The van der Waals surface area contributed by atoms with Crippen molar-refractivity contribution in [3.8, 4) is 16.9 Å². The summed E-state index contributed by atoms with van der Waals surface area (Å²) < 4.78 is 57.2. The SMILES string of the molecule is Cc1nc2ccc(-c3cnc(N4CCC(C(=O)NS(C)(=O)=O)CC4)nc3)cn2c1Cc1ccccc1OC(F)F. The van der Waals surface area contributed by atoms with Crippen LogP contribution < -0.4 is 14.4 Å². The van der Waals surface area contributed by atoms with Gasteiger partial charge in [0.15, 0.2) is 0 Å². The summed E-state index contributed by atoms with van der Waals surface area (Å²) in [6, 6.07) is 10.5. The Kier molecular flexibility index (Phi) is 7.66. The number of ether oxygens (including phenoxy) is 1. The number of alkyl halides is 2. The molecule has 1 aliphatic rings. The molecule has 1 saturated heterocycles. The molecular weight excluding hydrogens is 542 g/mol. The molecule has 0 spiro atoms. The van der Waals surface area contributed by atoms with E-state index in [0.717, 1.165) is 34.4 Å². The van der Waals surface area contributed by atoms with Crippen molar-refractivity contribution in [1.82, 2.24) is 24.1 Å². The quantitative estimate of drug-likeness (QED) is 0.342. The fourth-order valence-corrected chi connectivity index (χ4v) is 5.41. The van der Waals surface area contributed by atoms with Crippen molar-refractivity contribution in [3.05, 3.63) is 71.9 Å². The summed E-state index contributed by atoms with van der Waals surface area (Å²) in [7, 11) is -3.58. The van der Waals surface area contributed by atoms with Crippen LogP contribution in [0.25, 0.3) is 16.8 Å². The smallest absolute Gasteiger partial charge is 0.387 e. The molecule has 0 aliphatic carbocycles. The maximum atomic E-state index is 12.9. The van der Waals surface area contributed by atoms with Gasteiger partial charge in [0.1, 0.15) is 11.4 Å². The molecule has 3 aromatic heterocycles. The first kappa shape index (κ1) is 27.4. The van der Waals surface area contributed by atoms with Gasteiger partial charge in [0.25, 0.3) is 0 Å². The summed E-state index contributed by atoms with van der Waals surface area (Å²) >= 11 is 0. The number of amides is 1. The normalized spacial score (nSPS) is 14.6. The second-order valence-electron chi connectivity index (χ2n) is 9.72. The molecule has 0 atom stereocenters. The molecule has 0 radical (unpaired) electrons. The highest BCUT2D eigenvalue weighted by molar-refractivity contribution is 7.89. The van der Waals surface area contributed by atoms with Crippen molar-refractivity contribution in [1.29, 1.82) is 0 Å². The van der Waals surface area contributed by atoms with Gasteiger partial charge in [0.2, 0.25) is 21.9 Å². The van der Waals surface area contributed by atoms with Crippen molar-refractivity contribution in [2.45, 2.75) is 32.8 Å². The second-order valence-corrected chi connectivity index (χ2v) is 11.5. The number of carbonyl (C=O) groups excluding carboxylic acids is 1. The molecule has 1 aromatic carbocycles. The third kappa shape index (κ3) is 6.19. The average Bonchev–Trinajstić information content (AvgIpc) is 3.22. The fourth-order valence-electron chi connectivity index (χ4n) is 4.88. The van der Waals surface area contributed by atoms with E-state index in [9.17, 15) is 22.0 Å². The van der Waals surface area contributed by atoms with Crippen molar-refractivity contribution < 1.29 is 26.7 Å². The van der Waals surface area contributed by atoms with Gasteiger partial charge < -0.3 is 14.0 Å². The van der Waals surface area contributed by atoms with Gasteiger partial charge in [0.05, 0.1) is 11.9 Å². The van der Waals surface area contributed by atoms with Crippen molar-refractivity contribution in [2.24, 2.45) is 5.92 Å². The van der Waals surface area contributed by atoms with Crippen molar-refractivity contribution in [2.75, 3.05) is 24.2 Å². The van der Waals surface area contributed by atoms with Gasteiger partial charge in [-0.2, -0.15) is 8.78 Å². The number of aryl methyl sites for hydroxylation is 1. The third-order valence-corrected chi connectivity index (χ3v) is 7.44. The lowest BCUT2D eigenvalue weighted by Crippen LogP contribution is -2.42. The van der Waals surface area contributed by atoms with Gasteiger partial charge in [0, 0.05) is 66.4 Å². The molecule has 0 unspecified atom stereocenters. The third-order valence-electron chi connectivity index (χ3n) is 6.87. The molecule has 4 aromatic rings. The molecule has 5 rings (SSSR count). The standard InChI is InChI=1S/C27H28F2N6O4S/c1-17-22(13-19-5-3-4-6-23(19)39-26(28)29)35-16-20(7-8-24(35)32-17)21-14-30-27(31-15-21)34-11-9-18(10-12-34)25(36)33-40(2,37)38/h3-8,14-16,18,26H,9-13H2,1-2H3,(H,33,36). The number of benzene rings is 1. The van der Waals surface area contributed by atoms with Crippen LogP contribution in [0.3, 0.4) is 0 Å². The Hall–Kier alpha value is -4.13. The van der Waals surface area contributed by atoms with E-state index >= 15 is 0 Å². The van der Waals surface area contributed by atoms with Crippen LogP contribution in [0.15, 0.2) is 55.0 Å². The summed E-state index contributed by atoms with van der Waals surface area (Å²) in [6.07, 6.45) is 7.68. The summed E-state index contributed by atoms with van der Waals surface area (Å²) in [5.41, 5.74) is 4.62. The maximum Gasteiger partial charge on any atom is 0.387 e. The van der Waals surface area contributed by atoms with Gasteiger partial charge in [-0.05, 0) is 38.0 Å². The number of hydrogen-bond donors (Lipinski definition) is 1. The molecule has 1 fully saturated rings. The van der Waals surface area contributed by atoms with Crippen LogP contribution in [-0.4, -0.2) is 59.6 Å². The highest BCUT2D eigenvalue weighted by Crippen LogP contribution is 2.28. The first-order chi connectivity index (χ1) is 19.1. The van der Waals surface area contributed by atoms with E-state index in [1.54, 1.807) is 30.6 Å². The topological polar surface area (TPSA) is 119 Å². The number of pyridine rings is 1. The molecule has 210 valence electrons. The van der Waals surface area contributed by atoms with Gasteiger partial charge in [-0.3, -0.25) is 9.52 Å². The molecule has 10 nitrogen and oxygen atoms in total. The number of para-hydroxylation sites is 1. The number of rotatable bonds is 8. The summed E-state index contributed by atoms with van der Waals surface area (Å²) in [6.45, 7) is 0.0259. The Morgan fingerprint density at radius 2 is 1.80 bits per heavy atom. The number of carbonyl (C=O) groups is 1. The van der Waals surface area contributed by atoms with Crippen molar-refractivity contribution >= 4 is 27.5 Å². The minimum absolute atomic E-state index is 0.132. The number of halogens is 2. The lowest BCUT2D eigenvalue weighted by molar-refractivity contribution is -0.123. The lowest BCUT2D eigenvalue weighted by Gasteiger charge is -2.31. The van der Waals surface area contributed by atoms with Crippen LogP contribution in [0.1, 0.15) is 29.8 Å². The zero-order valence-electron chi connectivity index (χ0n) is 21.9.